The Morgan fingerprint density at radius 2 is 1.95 bits per heavy atom. The summed E-state index contributed by atoms with van der Waals surface area (Å²) in [6, 6.07) is -0.243. The van der Waals surface area contributed by atoms with E-state index in [9.17, 15) is 9.59 Å². The molecular weight excluding hydrogens is 246 g/mol. The molecule has 1 amide bonds. The molecule has 0 saturated carbocycles. The summed E-state index contributed by atoms with van der Waals surface area (Å²) in [7, 11) is 1.38. The monoisotopic (exact) mass is 267 g/mol. The second-order valence-electron chi connectivity index (χ2n) is 6.13. The third kappa shape index (κ3) is 2.91. The van der Waals surface area contributed by atoms with Crippen LogP contribution in [-0.4, -0.2) is 42.3 Å². The zero-order valence-corrected chi connectivity index (χ0v) is 11.9. The van der Waals surface area contributed by atoms with E-state index < -0.39 is 5.60 Å². The Kier molecular flexibility index (Phi) is 3.56. The number of fused-ring (bicyclic) bond motifs is 2. The molecule has 2 aliphatic heterocycles. The number of nitrogens with zero attached hydrogens (tertiary/aromatic N) is 1. The van der Waals surface area contributed by atoms with Crippen molar-refractivity contribution in [1.29, 1.82) is 0 Å². The van der Waals surface area contributed by atoms with Crippen molar-refractivity contribution in [3.63, 3.8) is 0 Å². The lowest BCUT2D eigenvalue weighted by atomic mass is 9.78. The average molecular weight is 267 g/mol. The predicted molar refractivity (Wildman–Crippen MR) is 69.5 cm³/mol. The fourth-order valence-electron chi connectivity index (χ4n) is 2.68. The van der Waals surface area contributed by atoms with Crippen LogP contribution in [0.5, 0.6) is 0 Å². The Bertz CT molecular complexity index is 410. The summed E-state index contributed by atoms with van der Waals surface area (Å²) in [6.45, 7) is 6.12. The number of ether oxygens (including phenoxy) is 2. The van der Waals surface area contributed by atoms with Gasteiger partial charge in [-0.25, -0.2) is 4.79 Å². The lowest BCUT2D eigenvalue weighted by Gasteiger charge is -2.45. The number of rotatable bonds is 1. The molecule has 0 aromatic carbocycles. The molecule has 1 aliphatic carbocycles. The van der Waals surface area contributed by atoms with E-state index in [4.69, 9.17) is 9.47 Å². The Hall–Kier alpha value is -1.52. The van der Waals surface area contributed by atoms with Crippen LogP contribution in [0, 0.1) is 11.8 Å². The minimum atomic E-state index is -0.530. The molecule has 0 N–H and O–H groups in total. The highest BCUT2D eigenvalue weighted by Crippen LogP contribution is 2.35. The van der Waals surface area contributed by atoms with Crippen molar-refractivity contribution < 1.29 is 19.1 Å². The number of piperidine rings is 1. The topological polar surface area (TPSA) is 55.8 Å². The zero-order valence-electron chi connectivity index (χ0n) is 11.9. The van der Waals surface area contributed by atoms with Crippen LogP contribution in [0.2, 0.25) is 0 Å². The van der Waals surface area contributed by atoms with Gasteiger partial charge in [-0.2, -0.15) is 0 Å². The molecule has 0 unspecified atom stereocenters. The van der Waals surface area contributed by atoms with Crippen LogP contribution in [0.15, 0.2) is 12.2 Å². The molecular formula is C14H21NO4. The van der Waals surface area contributed by atoms with E-state index in [0.717, 1.165) is 6.42 Å². The van der Waals surface area contributed by atoms with Gasteiger partial charge in [-0.15, -0.1) is 0 Å². The van der Waals surface area contributed by atoms with Gasteiger partial charge < -0.3 is 14.4 Å². The molecule has 3 rings (SSSR count). The van der Waals surface area contributed by atoms with Crippen molar-refractivity contribution in [2.45, 2.75) is 38.8 Å². The Balaban J connectivity index is 2.13. The van der Waals surface area contributed by atoms with Crippen LogP contribution < -0.4 is 0 Å². The van der Waals surface area contributed by atoms with Crippen molar-refractivity contribution in [2.75, 3.05) is 13.7 Å². The first-order valence-electron chi connectivity index (χ1n) is 6.57. The van der Waals surface area contributed by atoms with E-state index in [1.807, 2.05) is 26.8 Å². The van der Waals surface area contributed by atoms with E-state index in [1.165, 1.54) is 7.11 Å². The molecule has 0 aromatic heterocycles. The van der Waals surface area contributed by atoms with Gasteiger partial charge in [0.1, 0.15) is 5.60 Å². The first-order chi connectivity index (χ1) is 8.81. The normalized spacial score (nSPS) is 29.3. The molecule has 106 valence electrons. The molecule has 2 heterocycles. The first-order valence-corrected chi connectivity index (χ1v) is 6.57. The van der Waals surface area contributed by atoms with E-state index in [-0.39, 0.29) is 29.9 Å². The molecule has 3 atom stereocenters. The van der Waals surface area contributed by atoms with Gasteiger partial charge in [-0.3, -0.25) is 4.79 Å². The average Bonchev–Trinajstić information content (AvgIpc) is 2.36. The van der Waals surface area contributed by atoms with Crippen molar-refractivity contribution >= 4 is 12.1 Å². The smallest absolute Gasteiger partial charge is 0.410 e. The molecule has 2 bridgehead atoms. The first kappa shape index (κ1) is 13.9. The van der Waals surface area contributed by atoms with Gasteiger partial charge in [0, 0.05) is 6.54 Å². The van der Waals surface area contributed by atoms with Crippen molar-refractivity contribution in [2.24, 2.45) is 11.8 Å². The van der Waals surface area contributed by atoms with E-state index >= 15 is 0 Å². The Morgan fingerprint density at radius 3 is 2.47 bits per heavy atom. The van der Waals surface area contributed by atoms with Gasteiger partial charge in [0.2, 0.25) is 0 Å². The lowest BCUT2D eigenvalue weighted by molar-refractivity contribution is -0.149. The fourth-order valence-corrected chi connectivity index (χ4v) is 2.68. The summed E-state index contributed by atoms with van der Waals surface area (Å²) in [6.07, 6.45) is 4.38. The number of esters is 1. The summed E-state index contributed by atoms with van der Waals surface area (Å²) in [4.78, 5) is 25.6. The van der Waals surface area contributed by atoms with E-state index in [0.29, 0.717) is 6.54 Å². The number of hydrogen-bond donors (Lipinski definition) is 0. The Morgan fingerprint density at radius 1 is 1.26 bits per heavy atom. The molecule has 0 radical (unpaired) electrons. The van der Waals surface area contributed by atoms with Crippen molar-refractivity contribution in [3.8, 4) is 0 Å². The largest absolute Gasteiger partial charge is 0.469 e. The number of hydrogen-bond acceptors (Lipinski definition) is 4. The van der Waals surface area contributed by atoms with Gasteiger partial charge in [0.15, 0.2) is 0 Å². The van der Waals surface area contributed by atoms with Crippen LogP contribution in [-0.2, 0) is 14.3 Å². The number of methoxy groups -OCH3 is 1. The highest BCUT2D eigenvalue weighted by atomic mass is 16.6. The van der Waals surface area contributed by atoms with E-state index in [1.54, 1.807) is 4.90 Å². The minimum absolute atomic E-state index is 0.210. The molecule has 5 heteroatoms. The maximum atomic E-state index is 12.2. The number of carbonyl (C=O) groups excluding carboxylic acids is 2. The second kappa shape index (κ2) is 4.87. The second-order valence-corrected chi connectivity index (χ2v) is 6.13. The molecule has 0 aromatic rings. The minimum Gasteiger partial charge on any atom is -0.469 e. The molecule has 3 aliphatic rings. The van der Waals surface area contributed by atoms with Gasteiger partial charge in [-0.1, -0.05) is 12.2 Å². The molecule has 5 nitrogen and oxygen atoms in total. The molecule has 19 heavy (non-hydrogen) atoms. The quantitative estimate of drug-likeness (QED) is 0.538. The summed E-state index contributed by atoms with van der Waals surface area (Å²) in [5.74, 6) is -0.324. The van der Waals surface area contributed by atoms with Gasteiger partial charge in [0.05, 0.1) is 19.1 Å². The third-order valence-corrected chi connectivity index (χ3v) is 3.47. The number of amides is 1. The van der Waals surface area contributed by atoms with Crippen LogP contribution in [0.3, 0.4) is 0 Å². The van der Waals surface area contributed by atoms with Crippen LogP contribution in [0.1, 0.15) is 27.2 Å². The molecule has 1 saturated heterocycles. The van der Waals surface area contributed by atoms with Crippen LogP contribution in [0.4, 0.5) is 4.79 Å². The Labute approximate surface area is 113 Å². The summed E-state index contributed by atoms with van der Waals surface area (Å²) in [5.41, 5.74) is -0.530. The third-order valence-electron chi connectivity index (χ3n) is 3.47. The van der Waals surface area contributed by atoms with Crippen LogP contribution >= 0.6 is 0 Å². The summed E-state index contributed by atoms with van der Waals surface area (Å²) >= 11 is 0. The SMILES string of the molecule is COC(=O)[C@H]1C[C@@H]2C=C[C@@H]1N(C(=O)OC(C)(C)C)C2. The summed E-state index contributed by atoms with van der Waals surface area (Å²) < 4.78 is 10.2. The van der Waals surface area contributed by atoms with E-state index in [2.05, 4.69) is 6.08 Å². The van der Waals surface area contributed by atoms with Crippen LogP contribution in [0.25, 0.3) is 0 Å². The fraction of sp³-hybridized carbons (Fsp3) is 0.714. The lowest BCUT2D eigenvalue weighted by Crippen LogP contribution is -2.56. The van der Waals surface area contributed by atoms with Crippen molar-refractivity contribution in [3.05, 3.63) is 12.2 Å². The van der Waals surface area contributed by atoms with Crippen molar-refractivity contribution in [1.82, 2.24) is 4.90 Å². The molecule has 0 spiro atoms. The highest BCUT2D eigenvalue weighted by Gasteiger charge is 2.44. The molecule has 1 fully saturated rings. The number of carbonyl (C=O) groups is 2. The maximum absolute atomic E-state index is 12.2. The standard InChI is InChI=1S/C14H21NO4/c1-14(2,3)19-13(17)15-8-9-5-6-11(15)10(7-9)12(16)18-4/h5-6,9-11H,7-8H2,1-4H3/t9-,10-,11-/m0/s1. The zero-order chi connectivity index (χ0) is 14.2. The van der Waals surface area contributed by atoms with Gasteiger partial charge in [-0.05, 0) is 33.1 Å². The predicted octanol–water partition coefficient (Wildman–Crippen LogP) is 1.97. The highest BCUT2D eigenvalue weighted by molar-refractivity contribution is 5.77. The van der Waals surface area contributed by atoms with Gasteiger partial charge in [0.25, 0.3) is 0 Å². The summed E-state index contributed by atoms with van der Waals surface area (Å²) in [5, 5.41) is 0. The van der Waals surface area contributed by atoms with Gasteiger partial charge >= 0.3 is 12.1 Å². The maximum Gasteiger partial charge on any atom is 0.410 e.